The summed E-state index contributed by atoms with van der Waals surface area (Å²) in [6, 6.07) is 5.55. The first-order valence-corrected chi connectivity index (χ1v) is 7.17. The molecular weight excluding hydrogens is 301 g/mol. The predicted molar refractivity (Wildman–Crippen MR) is 81.5 cm³/mol. The van der Waals surface area contributed by atoms with Crippen molar-refractivity contribution in [3.8, 4) is 0 Å². The van der Waals surface area contributed by atoms with Crippen LogP contribution in [0.5, 0.6) is 0 Å². The molecule has 1 aromatic heterocycles. The van der Waals surface area contributed by atoms with Gasteiger partial charge in [-0.2, -0.15) is 0 Å². The molecule has 120 valence electrons. The molecule has 1 heterocycles. The number of amides is 2. The zero-order valence-electron chi connectivity index (χ0n) is 12.5. The second-order valence-corrected chi connectivity index (χ2v) is 5.45. The van der Waals surface area contributed by atoms with Crippen LogP contribution < -0.4 is 11.1 Å². The largest absolute Gasteiger partial charge is 0.441 e. The molecule has 0 fully saturated rings. The maximum atomic E-state index is 12.9. The van der Waals surface area contributed by atoms with Gasteiger partial charge in [-0.25, -0.2) is 9.18 Å². The standard InChI is InChI=1S/C16H16FN3O3/c1-20-8-12-11(6-7-13(12)23-16(18)22)14(20)15(21)19-10-4-2-9(17)3-5-10/h2-5,8,13H,6-7H2,1H3,(H2,18,22)(H,19,21). The molecule has 23 heavy (non-hydrogen) atoms. The van der Waals surface area contributed by atoms with Gasteiger partial charge in [0.1, 0.15) is 17.6 Å². The van der Waals surface area contributed by atoms with Gasteiger partial charge in [0, 0.05) is 24.5 Å². The van der Waals surface area contributed by atoms with Crippen molar-refractivity contribution in [2.24, 2.45) is 12.8 Å². The quantitative estimate of drug-likeness (QED) is 0.912. The Morgan fingerprint density at radius 2 is 2.04 bits per heavy atom. The highest BCUT2D eigenvalue weighted by molar-refractivity contribution is 6.04. The molecular formula is C16H16FN3O3. The Kier molecular flexibility index (Phi) is 3.77. The van der Waals surface area contributed by atoms with Gasteiger partial charge in [-0.3, -0.25) is 4.79 Å². The van der Waals surface area contributed by atoms with Gasteiger partial charge < -0.3 is 20.4 Å². The summed E-state index contributed by atoms with van der Waals surface area (Å²) in [5.41, 5.74) is 7.73. The van der Waals surface area contributed by atoms with Crippen LogP contribution in [0.25, 0.3) is 0 Å². The summed E-state index contributed by atoms with van der Waals surface area (Å²) in [5.74, 6) is -0.658. The molecule has 1 aliphatic carbocycles. The summed E-state index contributed by atoms with van der Waals surface area (Å²) in [6.45, 7) is 0. The number of hydrogen-bond donors (Lipinski definition) is 2. The van der Waals surface area contributed by atoms with Crippen molar-refractivity contribution in [1.29, 1.82) is 0 Å². The zero-order valence-corrected chi connectivity index (χ0v) is 12.5. The number of primary amides is 1. The maximum absolute atomic E-state index is 12.9. The maximum Gasteiger partial charge on any atom is 0.405 e. The number of fused-ring (bicyclic) bond motifs is 1. The number of halogens is 1. The number of nitrogens with zero attached hydrogens (tertiary/aromatic N) is 1. The van der Waals surface area contributed by atoms with Crippen molar-refractivity contribution in [2.75, 3.05) is 5.32 Å². The number of ether oxygens (including phenoxy) is 1. The molecule has 1 unspecified atom stereocenters. The van der Waals surface area contributed by atoms with Crippen molar-refractivity contribution >= 4 is 17.7 Å². The van der Waals surface area contributed by atoms with Crippen LogP contribution >= 0.6 is 0 Å². The van der Waals surface area contributed by atoms with E-state index in [9.17, 15) is 14.0 Å². The molecule has 1 aromatic carbocycles. The third kappa shape index (κ3) is 2.90. The Morgan fingerprint density at radius 1 is 1.35 bits per heavy atom. The third-order valence-electron chi connectivity index (χ3n) is 3.90. The van der Waals surface area contributed by atoms with E-state index in [2.05, 4.69) is 5.32 Å². The second-order valence-electron chi connectivity index (χ2n) is 5.45. The van der Waals surface area contributed by atoms with E-state index in [0.29, 0.717) is 24.2 Å². The van der Waals surface area contributed by atoms with E-state index in [0.717, 1.165) is 11.1 Å². The first kappa shape index (κ1) is 15.1. The lowest BCUT2D eigenvalue weighted by atomic mass is 10.1. The fourth-order valence-corrected chi connectivity index (χ4v) is 2.96. The number of benzene rings is 1. The van der Waals surface area contributed by atoms with E-state index in [1.807, 2.05) is 0 Å². The van der Waals surface area contributed by atoms with Gasteiger partial charge in [0.25, 0.3) is 5.91 Å². The second kappa shape index (κ2) is 5.75. The van der Waals surface area contributed by atoms with Crippen molar-refractivity contribution < 1.29 is 18.7 Å². The molecule has 0 spiro atoms. The number of carbonyl (C=O) groups excluding carboxylic acids is 2. The molecule has 1 atom stereocenters. The number of hydrogen-bond acceptors (Lipinski definition) is 3. The number of nitrogens with one attached hydrogen (secondary N) is 1. The van der Waals surface area contributed by atoms with Crippen LogP contribution in [-0.2, 0) is 18.2 Å². The third-order valence-corrected chi connectivity index (χ3v) is 3.90. The number of carbonyl (C=O) groups is 2. The van der Waals surface area contributed by atoms with Crippen LogP contribution in [0.15, 0.2) is 30.5 Å². The monoisotopic (exact) mass is 317 g/mol. The molecule has 0 saturated heterocycles. The average molecular weight is 317 g/mol. The minimum Gasteiger partial charge on any atom is -0.441 e. The first-order valence-electron chi connectivity index (χ1n) is 7.17. The summed E-state index contributed by atoms with van der Waals surface area (Å²) in [7, 11) is 1.75. The summed E-state index contributed by atoms with van der Waals surface area (Å²) >= 11 is 0. The summed E-state index contributed by atoms with van der Waals surface area (Å²) in [4.78, 5) is 23.5. The first-order chi connectivity index (χ1) is 11.0. The van der Waals surface area contributed by atoms with E-state index in [4.69, 9.17) is 10.5 Å². The SMILES string of the molecule is Cn1cc2c(c1C(=O)Nc1ccc(F)cc1)CCC2OC(N)=O. The number of aryl methyl sites for hydroxylation is 1. The van der Waals surface area contributed by atoms with Gasteiger partial charge in [0.05, 0.1) is 0 Å². The van der Waals surface area contributed by atoms with Crippen LogP contribution in [-0.4, -0.2) is 16.6 Å². The highest BCUT2D eigenvalue weighted by atomic mass is 19.1. The minimum atomic E-state index is -0.830. The Labute approximate surface area is 132 Å². The molecule has 7 heteroatoms. The molecule has 3 N–H and O–H groups in total. The smallest absolute Gasteiger partial charge is 0.405 e. The minimum absolute atomic E-state index is 0.292. The molecule has 2 amide bonds. The zero-order chi connectivity index (χ0) is 16.6. The number of anilines is 1. The van der Waals surface area contributed by atoms with Crippen LogP contribution in [0.4, 0.5) is 14.9 Å². The summed E-state index contributed by atoms with van der Waals surface area (Å²) < 4.78 is 19.7. The Morgan fingerprint density at radius 3 is 2.70 bits per heavy atom. The lowest BCUT2D eigenvalue weighted by molar-refractivity contribution is 0.101. The van der Waals surface area contributed by atoms with E-state index >= 15 is 0 Å². The van der Waals surface area contributed by atoms with Crippen molar-refractivity contribution in [2.45, 2.75) is 18.9 Å². The molecule has 3 rings (SSSR count). The summed E-state index contributed by atoms with van der Waals surface area (Å²) in [6.07, 6.45) is 1.76. The van der Waals surface area contributed by atoms with Gasteiger partial charge in [0.15, 0.2) is 0 Å². The fourth-order valence-electron chi connectivity index (χ4n) is 2.96. The van der Waals surface area contributed by atoms with Gasteiger partial charge in [-0.05, 0) is 42.7 Å². The summed E-state index contributed by atoms with van der Waals surface area (Å²) in [5, 5.41) is 2.74. The topological polar surface area (TPSA) is 86.3 Å². The van der Waals surface area contributed by atoms with Gasteiger partial charge in [-0.15, -0.1) is 0 Å². The van der Waals surface area contributed by atoms with Gasteiger partial charge >= 0.3 is 6.09 Å². The van der Waals surface area contributed by atoms with Crippen molar-refractivity contribution in [3.05, 3.63) is 53.1 Å². The lowest BCUT2D eigenvalue weighted by Crippen LogP contribution is -2.17. The van der Waals surface area contributed by atoms with Gasteiger partial charge in [0.2, 0.25) is 0 Å². The van der Waals surface area contributed by atoms with Crippen LogP contribution in [0.3, 0.4) is 0 Å². The molecule has 0 radical (unpaired) electrons. The van der Waals surface area contributed by atoms with Crippen molar-refractivity contribution in [3.63, 3.8) is 0 Å². The van der Waals surface area contributed by atoms with E-state index < -0.39 is 12.2 Å². The van der Waals surface area contributed by atoms with E-state index in [1.54, 1.807) is 17.8 Å². The molecule has 0 saturated carbocycles. The number of rotatable bonds is 3. The van der Waals surface area contributed by atoms with Crippen molar-refractivity contribution in [1.82, 2.24) is 4.57 Å². The van der Waals surface area contributed by atoms with E-state index in [-0.39, 0.29) is 11.7 Å². The molecule has 1 aliphatic rings. The predicted octanol–water partition coefficient (Wildman–Crippen LogP) is 2.50. The molecule has 0 bridgehead atoms. The van der Waals surface area contributed by atoms with Crippen LogP contribution in [0.1, 0.15) is 34.1 Å². The highest BCUT2D eigenvalue weighted by Gasteiger charge is 2.32. The van der Waals surface area contributed by atoms with Crippen LogP contribution in [0, 0.1) is 5.82 Å². The number of aromatic nitrogens is 1. The molecule has 6 nitrogen and oxygen atoms in total. The Hall–Kier alpha value is -2.83. The normalized spacial score (nSPS) is 16.0. The highest BCUT2D eigenvalue weighted by Crippen LogP contribution is 2.37. The Balaban J connectivity index is 1.85. The lowest BCUT2D eigenvalue weighted by Gasteiger charge is -2.09. The molecule has 0 aliphatic heterocycles. The van der Waals surface area contributed by atoms with E-state index in [1.165, 1.54) is 24.3 Å². The Bertz CT molecular complexity index is 768. The number of nitrogens with two attached hydrogens (primary N) is 1. The van der Waals surface area contributed by atoms with Crippen LogP contribution in [0.2, 0.25) is 0 Å². The molecule has 2 aromatic rings. The van der Waals surface area contributed by atoms with Gasteiger partial charge in [-0.1, -0.05) is 0 Å². The average Bonchev–Trinajstić information content (AvgIpc) is 3.00. The fraction of sp³-hybridized carbons (Fsp3) is 0.250.